The smallest absolute Gasteiger partial charge is 0.252 e. The summed E-state index contributed by atoms with van der Waals surface area (Å²) in [4.78, 5) is 16.5. The number of halogens is 1. The van der Waals surface area contributed by atoms with Gasteiger partial charge in [-0.3, -0.25) is 4.79 Å². The number of nitrogens with one attached hydrogen (secondary N) is 1. The summed E-state index contributed by atoms with van der Waals surface area (Å²) in [6.07, 6.45) is 1.75. The zero-order valence-corrected chi connectivity index (χ0v) is 13.2. The molecule has 0 radical (unpaired) electrons. The normalized spacial score (nSPS) is 11.3. The lowest BCUT2D eigenvalue weighted by Gasteiger charge is -2.23. The number of amides is 1. The number of carbonyl (C=O) groups is 1. The Labute approximate surface area is 125 Å². The molecule has 1 N–H and O–H groups in total. The lowest BCUT2D eigenvalue weighted by molar-refractivity contribution is 0.0912. The van der Waals surface area contributed by atoms with E-state index in [9.17, 15) is 4.79 Å². The molecule has 5 heteroatoms. The van der Waals surface area contributed by atoms with Crippen molar-refractivity contribution in [2.75, 3.05) is 0 Å². The van der Waals surface area contributed by atoms with Gasteiger partial charge >= 0.3 is 0 Å². The summed E-state index contributed by atoms with van der Waals surface area (Å²) in [5, 5.41) is 6.61. The maximum atomic E-state index is 12.2. The molecule has 1 heterocycles. The van der Waals surface area contributed by atoms with Crippen molar-refractivity contribution in [3.63, 3.8) is 0 Å². The molecule has 0 aliphatic carbocycles. The zero-order chi connectivity index (χ0) is 13.9. The molecule has 0 saturated heterocycles. The Bertz CT molecular complexity index is 549. The maximum absolute atomic E-state index is 12.2. The van der Waals surface area contributed by atoms with Crippen molar-refractivity contribution in [3.05, 3.63) is 52.0 Å². The molecular formula is C14H15BrN2OS. The monoisotopic (exact) mass is 338 g/mol. The zero-order valence-electron chi connectivity index (χ0n) is 10.8. The molecule has 0 saturated carbocycles. The summed E-state index contributed by atoms with van der Waals surface area (Å²) in [6, 6.07) is 7.56. The van der Waals surface area contributed by atoms with Gasteiger partial charge < -0.3 is 5.32 Å². The van der Waals surface area contributed by atoms with E-state index >= 15 is 0 Å². The molecule has 19 heavy (non-hydrogen) atoms. The largest absolute Gasteiger partial charge is 0.341 e. The van der Waals surface area contributed by atoms with E-state index in [2.05, 4.69) is 26.2 Å². The first kappa shape index (κ1) is 14.2. The molecule has 0 aliphatic rings. The first-order valence-electron chi connectivity index (χ1n) is 5.90. The van der Waals surface area contributed by atoms with Crippen molar-refractivity contribution in [3.8, 4) is 0 Å². The van der Waals surface area contributed by atoms with Gasteiger partial charge in [0.2, 0.25) is 0 Å². The van der Waals surface area contributed by atoms with Crippen LogP contribution in [0.2, 0.25) is 0 Å². The summed E-state index contributed by atoms with van der Waals surface area (Å²) >= 11 is 4.93. The van der Waals surface area contributed by atoms with Gasteiger partial charge in [-0.05, 0) is 31.5 Å². The van der Waals surface area contributed by atoms with Crippen LogP contribution in [-0.4, -0.2) is 10.9 Å². The lowest BCUT2D eigenvalue weighted by Crippen LogP contribution is -2.40. The molecule has 0 aliphatic heterocycles. The Balaban J connectivity index is 2.12. The first-order valence-corrected chi connectivity index (χ1v) is 7.90. The Kier molecular flexibility index (Phi) is 4.37. The average molecular weight is 339 g/mol. The van der Waals surface area contributed by atoms with Gasteiger partial charge in [-0.25, -0.2) is 4.98 Å². The van der Waals surface area contributed by atoms with Crippen LogP contribution in [0, 0.1) is 0 Å². The fourth-order valence-electron chi connectivity index (χ4n) is 1.69. The summed E-state index contributed by atoms with van der Waals surface area (Å²) in [5.74, 6) is -0.0821. The molecular weight excluding hydrogens is 324 g/mol. The predicted molar refractivity (Wildman–Crippen MR) is 81.7 cm³/mol. The summed E-state index contributed by atoms with van der Waals surface area (Å²) in [5.41, 5.74) is 1.35. The molecule has 0 spiro atoms. The Morgan fingerprint density at radius 1 is 1.37 bits per heavy atom. The molecule has 1 amide bonds. The highest BCUT2D eigenvalue weighted by molar-refractivity contribution is 9.08. The van der Waals surface area contributed by atoms with Crippen molar-refractivity contribution in [1.29, 1.82) is 0 Å². The van der Waals surface area contributed by atoms with Crippen molar-refractivity contribution in [2.45, 2.75) is 24.7 Å². The number of hydrogen-bond acceptors (Lipinski definition) is 3. The number of alkyl halides is 1. The highest BCUT2D eigenvalue weighted by Gasteiger charge is 2.25. The van der Waals surface area contributed by atoms with E-state index in [1.165, 1.54) is 0 Å². The average Bonchev–Trinajstić information content (AvgIpc) is 2.93. The van der Waals surface area contributed by atoms with E-state index < -0.39 is 5.54 Å². The third-order valence-corrected chi connectivity index (χ3v) is 4.51. The second kappa shape index (κ2) is 5.84. The third-order valence-electron chi connectivity index (χ3n) is 2.76. The van der Waals surface area contributed by atoms with Crippen molar-refractivity contribution < 1.29 is 4.79 Å². The molecule has 0 unspecified atom stereocenters. The Hall–Kier alpha value is -1.20. The third kappa shape index (κ3) is 3.42. The maximum Gasteiger partial charge on any atom is 0.252 e. The highest BCUT2D eigenvalue weighted by atomic mass is 79.9. The van der Waals surface area contributed by atoms with Crippen LogP contribution in [0.15, 0.2) is 35.8 Å². The second-order valence-electron chi connectivity index (χ2n) is 4.75. The first-order chi connectivity index (χ1) is 9.03. The minimum atomic E-state index is -0.459. The minimum absolute atomic E-state index is 0.0821. The van der Waals surface area contributed by atoms with Crippen molar-refractivity contribution in [2.24, 2.45) is 0 Å². The van der Waals surface area contributed by atoms with Crippen molar-refractivity contribution in [1.82, 2.24) is 10.3 Å². The molecule has 100 valence electrons. The van der Waals surface area contributed by atoms with Crippen LogP contribution >= 0.6 is 27.3 Å². The van der Waals surface area contributed by atoms with E-state index in [1.807, 2.05) is 43.5 Å². The van der Waals surface area contributed by atoms with Gasteiger partial charge in [0.15, 0.2) is 0 Å². The molecule has 1 aromatic carbocycles. The van der Waals surface area contributed by atoms with Crippen LogP contribution < -0.4 is 5.32 Å². The SMILES string of the molecule is CC(C)(NC(=O)c1ccc(CBr)cc1)c1nccs1. The number of aromatic nitrogens is 1. The van der Waals surface area contributed by atoms with Crippen LogP contribution in [0.5, 0.6) is 0 Å². The Morgan fingerprint density at radius 3 is 2.58 bits per heavy atom. The molecule has 2 aromatic rings. The van der Waals surface area contributed by atoms with Crippen LogP contribution in [0.1, 0.15) is 34.8 Å². The molecule has 0 bridgehead atoms. The summed E-state index contributed by atoms with van der Waals surface area (Å²) in [6.45, 7) is 3.91. The van der Waals surface area contributed by atoms with Crippen LogP contribution in [0.3, 0.4) is 0 Å². The standard InChI is InChI=1S/C14H15BrN2OS/c1-14(2,13-16-7-8-19-13)17-12(18)11-5-3-10(9-15)4-6-11/h3-8H,9H2,1-2H3,(H,17,18). The van der Waals surface area contributed by atoms with Gasteiger partial charge in [-0.2, -0.15) is 0 Å². The van der Waals surface area contributed by atoms with E-state index in [-0.39, 0.29) is 5.91 Å². The molecule has 0 fully saturated rings. The van der Waals surface area contributed by atoms with Gasteiger partial charge in [-0.1, -0.05) is 28.1 Å². The number of carbonyl (C=O) groups excluding carboxylic acids is 1. The van der Waals surface area contributed by atoms with Crippen LogP contribution in [0.25, 0.3) is 0 Å². The lowest BCUT2D eigenvalue weighted by atomic mass is 10.1. The van der Waals surface area contributed by atoms with E-state index in [1.54, 1.807) is 17.5 Å². The van der Waals surface area contributed by atoms with Gasteiger partial charge in [-0.15, -0.1) is 11.3 Å². The van der Waals surface area contributed by atoms with E-state index in [0.717, 1.165) is 15.9 Å². The number of rotatable bonds is 4. The Morgan fingerprint density at radius 2 is 2.05 bits per heavy atom. The molecule has 0 atom stereocenters. The van der Waals surface area contributed by atoms with Gasteiger partial charge in [0, 0.05) is 22.5 Å². The van der Waals surface area contributed by atoms with Crippen LogP contribution in [0.4, 0.5) is 0 Å². The highest BCUT2D eigenvalue weighted by Crippen LogP contribution is 2.22. The topological polar surface area (TPSA) is 42.0 Å². The van der Waals surface area contributed by atoms with Gasteiger partial charge in [0.1, 0.15) is 5.01 Å². The summed E-state index contributed by atoms with van der Waals surface area (Å²) in [7, 11) is 0. The number of nitrogens with zero attached hydrogens (tertiary/aromatic N) is 1. The quantitative estimate of drug-likeness (QED) is 0.863. The number of benzene rings is 1. The summed E-state index contributed by atoms with van der Waals surface area (Å²) < 4.78 is 0. The molecule has 1 aromatic heterocycles. The van der Waals surface area contributed by atoms with Crippen LogP contribution in [-0.2, 0) is 10.9 Å². The molecule has 3 nitrogen and oxygen atoms in total. The number of hydrogen-bond donors (Lipinski definition) is 1. The fourth-order valence-corrected chi connectivity index (χ4v) is 2.78. The minimum Gasteiger partial charge on any atom is -0.341 e. The van der Waals surface area contributed by atoms with Crippen molar-refractivity contribution >= 4 is 33.2 Å². The number of thiazole rings is 1. The van der Waals surface area contributed by atoms with Gasteiger partial charge in [0.25, 0.3) is 5.91 Å². The molecule has 2 rings (SSSR count). The van der Waals surface area contributed by atoms with E-state index in [0.29, 0.717) is 5.56 Å². The van der Waals surface area contributed by atoms with E-state index in [4.69, 9.17) is 0 Å². The second-order valence-corrected chi connectivity index (χ2v) is 6.20. The predicted octanol–water partition coefficient (Wildman–Crippen LogP) is 3.70. The fraction of sp³-hybridized carbons (Fsp3) is 0.286. The van der Waals surface area contributed by atoms with Gasteiger partial charge in [0.05, 0.1) is 5.54 Å².